The van der Waals surface area contributed by atoms with Crippen LogP contribution in [0, 0.1) is 0 Å². The van der Waals surface area contributed by atoms with Gasteiger partial charge in [0.15, 0.2) is 0 Å². The van der Waals surface area contributed by atoms with Gasteiger partial charge in [0, 0.05) is 0 Å². The summed E-state index contributed by atoms with van der Waals surface area (Å²) in [4.78, 5) is 0. The Morgan fingerprint density at radius 3 is 1.23 bits per heavy atom. The SMILES string of the molecule is CC(O)C(C)(C)OC(C)(C)C(C)O. The Kier molecular flexibility index (Phi) is 3.91. The van der Waals surface area contributed by atoms with E-state index in [1.807, 2.05) is 27.7 Å². The summed E-state index contributed by atoms with van der Waals surface area (Å²) in [6.07, 6.45) is -1.13. The summed E-state index contributed by atoms with van der Waals surface area (Å²) in [6, 6.07) is 0. The van der Waals surface area contributed by atoms with E-state index in [0.29, 0.717) is 0 Å². The van der Waals surface area contributed by atoms with Crippen LogP contribution in [0.15, 0.2) is 0 Å². The van der Waals surface area contributed by atoms with Crippen LogP contribution in [0.2, 0.25) is 0 Å². The summed E-state index contributed by atoms with van der Waals surface area (Å²) >= 11 is 0. The Balaban J connectivity index is 4.42. The van der Waals surface area contributed by atoms with E-state index < -0.39 is 23.4 Å². The molecule has 0 rings (SSSR count). The van der Waals surface area contributed by atoms with Gasteiger partial charge >= 0.3 is 0 Å². The van der Waals surface area contributed by atoms with Crippen LogP contribution < -0.4 is 0 Å². The highest BCUT2D eigenvalue weighted by Crippen LogP contribution is 2.25. The number of hydrogen-bond donors (Lipinski definition) is 2. The summed E-state index contributed by atoms with van der Waals surface area (Å²) in [5, 5.41) is 18.8. The summed E-state index contributed by atoms with van der Waals surface area (Å²) in [7, 11) is 0. The van der Waals surface area contributed by atoms with Crippen LogP contribution in [0.3, 0.4) is 0 Å². The van der Waals surface area contributed by atoms with Gasteiger partial charge in [0.05, 0.1) is 23.4 Å². The molecule has 0 aromatic heterocycles. The molecule has 0 saturated heterocycles. The molecule has 0 bridgehead atoms. The van der Waals surface area contributed by atoms with Gasteiger partial charge in [0.1, 0.15) is 0 Å². The van der Waals surface area contributed by atoms with E-state index in [9.17, 15) is 10.2 Å². The molecule has 0 aromatic rings. The fourth-order valence-corrected chi connectivity index (χ4v) is 0.849. The highest BCUT2D eigenvalue weighted by atomic mass is 16.5. The summed E-state index contributed by atoms with van der Waals surface area (Å²) < 4.78 is 5.65. The quantitative estimate of drug-likeness (QED) is 0.703. The van der Waals surface area contributed by atoms with Crippen LogP contribution in [-0.4, -0.2) is 33.6 Å². The predicted octanol–water partition coefficient (Wildman–Crippen LogP) is 1.32. The molecule has 80 valence electrons. The summed E-state index contributed by atoms with van der Waals surface area (Å²) in [6.45, 7) is 10.6. The third-order valence-electron chi connectivity index (χ3n) is 2.54. The molecule has 0 amide bonds. The van der Waals surface area contributed by atoms with Gasteiger partial charge in [-0.1, -0.05) is 0 Å². The second-order valence-electron chi connectivity index (χ2n) is 4.66. The van der Waals surface area contributed by atoms with E-state index in [2.05, 4.69) is 0 Å². The molecule has 0 aliphatic heterocycles. The van der Waals surface area contributed by atoms with Crippen LogP contribution in [0.1, 0.15) is 41.5 Å². The van der Waals surface area contributed by atoms with Gasteiger partial charge in [0.2, 0.25) is 0 Å². The van der Waals surface area contributed by atoms with Crippen LogP contribution in [0.25, 0.3) is 0 Å². The van der Waals surface area contributed by atoms with Crippen molar-refractivity contribution in [3.8, 4) is 0 Å². The third-order valence-corrected chi connectivity index (χ3v) is 2.54. The maximum atomic E-state index is 9.42. The first-order valence-corrected chi connectivity index (χ1v) is 4.66. The lowest BCUT2D eigenvalue weighted by molar-refractivity contribution is -0.198. The van der Waals surface area contributed by atoms with Crippen LogP contribution in [0.4, 0.5) is 0 Å². The number of aliphatic hydroxyl groups excluding tert-OH is 2. The van der Waals surface area contributed by atoms with Gasteiger partial charge in [-0.05, 0) is 41.5 Å². The van der Waals surface area contributed by atoms with E-state index in [1.165, 1.54) is 0 Å². The zero-order valence-corrected chi connectivity index (χ0v) is 9.46. The third kappa shape index (κ3) is 3.63. The van der Waals surface area contributed by atoms with Crippen molar-refractivity contribution in [2.75, 3.05) is 0 Å². The lowest BCUT2D eigenvalue weighted by atomic mass is 9.97. The lowest BCUT2D eigenvalue weighted by Crippen LogP contribution is -2.48. The van der Waals surface area contributed by atoms with Crippen molar-refractivity contribution in [1.29, 1.82) is 0 Å². The maximum Gasteiger partial charge on any atom is 0.0890 e. The highest BCUT2D eigenvalue weighted by Gasteiger charge is 2.35. The molecule has 0 radical (unpaired) electrons. The Morgan fingerprint density at radius 1 is 0.846 bits per heavy atom. The van der Waals surface area contributed by atoms with Crippen molar-refractivity contribution in [3.63, 3.8) is 0 Å². The Bertz CT molecular complexity index is 142. The van der Waals surface area contributed by atoms with Crippen LogP contribution in [0.5, 0.6) is 0 Å². The first-order valence-electron chi connectivity index (χ1n) is 4.66. The second kappa shape index (κ2) is 3.95. The van der Waals surface area contributed by atoms with Gasteiger partial charge < -0.3 is 14.9 Å². The fraction of sp³-hybridized carbons (Fsp3) is 1.00. The first kappa shape index (κ1) is 12.9. The zero-order valence-electron chi connectivity index (χ0n) is 9.46. The smallest absolute Gasteiger partial charge is 0.0890 e. The molecule has 0 saturated carbocycles. The van der Waals surface area contributed by atoms with Crippen molar-refractivity contribution < 1.29 is 14.9 Å². The van der Waals surface area contributed by atoms with Crippen molar-refractivity contribution in [2.45, 2.75) is 65.0 Å². The predicted molar refractivity (Wildman–Crippen MR) is 52.6 cm³/mol. The van der Waals surface area contributed by atoms with E-state index in [0.717, 1.165) is 0 Å². The lowest BCUT2D eigenvalue weighted by Gasteiger charge is -2.39. The van der Waals surface area contributed by atoms with Crippen molar-refractivity contribution >= 4 is 0 Å². The number of rotatable bonds is 4. The first-order chi connectivity index (χ1) is 5.59. The second-order valence-corrected chi connectivity index (χ2v) is 4.66. The molecule has 3 nitrogen and oxygen atoms in total. The minimum atomic E-state index is -0.638. The van der Waals surface area contributed by atoms with E-state index in [1.54, 1.807) is 13.8 Å². The van der Waals surface area contributed by atoms with Gasteiger partial charge in [-0.15, -0.1) is 0 Å². The van der Waals surface area contributed by atoms with Crippen molar-refractivity contribution in [2.24, 2.45) is 0 Å². The zero-order chi connectivity index (χ0) is 10.9. The Hall–Kier alpha value is -0.120. The Labute approximate surface area is 80.7 Å². The monoisotopic (exact) mass is 190 g/mol. The minimum Gasteiger partial charge on any atom is -0.390 e. The minimum absolute atomic E-state index is 0.564. The molecule has 0 aliphatic rings. The van der Waals surface area contributed by atoms with E-state index in [4.69, 9.17) is 4.74 Å². The molecular weight excluding hydrogens is 168 g/mol. The fourth-order valence-electron chi connectivity index (χ4n) is 0.849. The highest BCUT2D eigenvalue weighted by molar-refractivity contribution is 4.84. The molecule has 0 aliphatic carbocycles. The van der Waals surface area contributed by atoms with Gasteiger partial charge in [-0.2, -0.15) is 0 Å². The van der Waals surface area contributed by atoms with E-state index in [-0.39, 0.29) is 0 Å². The largest absolute Gasteiger partial charge is 0.390 e. The van der Waals surface area contributed by atoms with Gasteiger partial charge in [-0.25, -0.2) is 0 Å². The average Bonchev–Trinajstić information content (AvgIpc) is 1.83. The van der Waals surface area contributed by atoms with Crippen molar-refractivity contribution in [3.05, 3.63) is 0 Å². The van der Waals surface area contributed by atoms with E-state index >= 15 is 0 Å². The van der Waals surface area contributed by atoms with Gasteiger partial charge in [-0.3, -0.25) is 0 Å². The topological polar surface area (TPSA) is 49.7 Å². The number of hydrogen-bond acceptors (Lipinski definition) is 3. The normalized spacial score (nSPS) is 18.5. The van der Waals surface area contributed by atoms with Crippen LogP contribution >= 0.6 is 0 Å². The molecule has 0 fully saturated rings. The summed E-state index contributed by atoms with van der Waals surface area (Å²) in [5.41, 5.74) is -1.28. The van der Waals surface area contributed by atoms with Crippen LogP contribution in [-0.2, 0) is 4.74 Å². The molecule has 2 N–H and O–H groups in total. The molecule has 2 atom stereocenters. The Morgan fingerprint density at radius 2 is 1.08 bits per heavy atom. The van der Waals surface area contributed by atoms with Gasteiger partial charge in [0.25, 0.3) is 0 Å². The number of aliphatic hydroxyl groups is 2. The number of ether oxygens (including phenoxy) is 1. The standard InChI is InChI=1S/C10H22O3/c1-7(11)9(3,4)13-10(5,6)8(2)12/h7-8,11-12H,1-6H3. The molecule has 3 heteroatoms. The molecule has 2 unspecified atom stereocenters. The molecule has 0 spiro atoms. The molecule has 0 heterocycles. The van der Waals surface area contributed by atoms with Crippen molar-refractivity contribution in [1.82, 2.24) is 0 Å². The average molecular weight is 190 g/mol. The molecule has 0 aromatic carbocycles. The molecule has 13 heavy (non-hydrogen) atoms. The maximum absolute atomic E-state index is 9.42. The molecular formula is C10H22O3. The summed E-state index contributed by atoms with van der Waals surface area (Å²) in [5.74, 6) is 0.